The molecule has 0 saturated carbocycles. The highest BCUT2D eigenvalue weighted by Crippen LogP contribution is 2.07. The molecule has 0 fully saturated rings. The first-order chi connectivity index (χ1) is 8.04. The molecule has 0 saturated heterocycles. The van der Waals surface area contributed by atoms with Crippen molar-refractivity contribution in [3.8, 4) is 0 Å². The van der Waals surface area contributed by atoms with Crippen LogP contribution in [0.2, 0.25) is 0 Å². The molecule has 1 rings (SSSR count). The van der Waals surface area contributed by atoms with Gasteiger partial charge in [0, 0.05) is 6.42 Å². The maximum atomic E-state index is 10.5. The average molecular weight is 238 g/mol. The summed E-state index contributed by atoms with van der Waals surface area (Å²) in [5, 5.41) is 17.1. The van der Waals surface area contributed by atoms with Crippen LogP contribution in [0.15, 0.2) is 24.3 Å². The second-order valence-corrected chi connectivity index (χ2v) is 3.11. The standard InChI is InChI=1S/C8H6O4.C4H8O/c9-7(10)5-3-1-2-4-6(5)8(11)12;1-2-3-4-5/h1-4H,(H,9,10)(H,11,12);4H,2-3H2,1H3. The van der Waals surface area contributed by atoms with Crippen molar-refractivity contribution in [1.82, 2.24) is 0 Å². The SMILES string of the molecule is CCCC=O.O=C(O)c1ccccc1C(=O)O. The highest BCUT2D eigenvalue weighted by atomic mass is 16.4. The van der Waals surface area contributed by atoms with Crippen LogP contribution in [0.5, 0.6) is 0 Å². The van der Waals surface area contributed by atoms with Crippen molar-refractivity contribution in [2.45, 2.75) is 19.8 Å². The first-order valence-electron chi connectivity index (χ1n) is 5.03. The lowest BCUT2D eigenvalue weighted by atomic mass is 10.1. The Hall–Kier alpha value is -2.17. The van der Waals surface area contributed by atoms with E-state index >= 15 is 0 Å². The molecule has 0 heterocycles. The van der Waals surface area contributed by atoms with Crippen LogP contribution >= 0.6 is 0 Å². The maximum absolute atomic E-state index is 10.5. The highest BCUT2D eigenvalue weighted by Gasteiger charge is 2.13. The van der Waals surface area contributed by atoms with Crippen LogP contribution in [0.25, 0.3) is 0 Å². The summed E-state index contributed by atoms with van der Waals surface area (Å²) in [5.41, 5.74) is -0.380. The van der Waals surface area contributed by atoms with Gasteiger partial charge in [-0.15, -0.1) is 0 Å². The minimum absolute atomic E-state index is 0.190. The Balaban J connectivity index is 0.000000437. The molecular weight excluding hydrogens is 224 g/mol. The third-order valence-corrected chi connectivity index (χ3v) is 1.79. The minimum atomic E-state index is -1.23. The lowest BCUT2D eigenvalue weighted by Crippen LogP contribution is -2.06. The fourth-order valence-corrected chi connectivity index (χ4v) is 0.974. The van der Waals surface area contributed by atoms with Crippen LogP contribution in [-0.4, -0.2) is 28.4 Å². The predicted octanol–water partition coefficient (Wildman–Crippen LogP) is 2.07. The zero-order chi connectivity index (χ0) is 13.3. The molecule has 0 radical (unpaired) electrons. The number of carboxylic acids is 2. The van der Waals surface area contributed by atoms with Gasteiger partial charge < -0.3 is 15.0 Å². The van der Waals surface area contributed by atoms with Crippen molar-refractivity contribution in [3.05, 3.63) is 35.4 Å². The molecule has 92 valence electrons. The fraction of sp³-hybridized carbons (Fsp3) is 0.250. The number of aldehydes is 1. The van der Waals surface area contributed by atoms with E-state index in [4.69, 9.17) is 10.2 Å². The zero-order valence-corrected chi connectivity index (χ0v) is 9.42. The molecule has 5 nitrogen and oxygen atoms in total. The Morgan fingerprint density at radius 1 is 1.12 bits per heavy atom. The van der Waals surface area contributed by atoms with E-state index in [0.29, 0.717) is 6.42 Å². The van der Waals surface area contributed by atoms with Gasteiger partial charge in [-0.1, -0.05) is 19.1 Å². The highest BCUT2D eigenvalue weighted by molar-refractivity contribution is 6.01. The molecule has 0 aliphatic heterocycles. The van der Waals surface area contributed by atoms with Crippen LogP contribution < -0.4 is 0 Å². The van der Waals surface area contributed by atoms with E-state index in [1.54, 1.807) is 0 Å². The number of carbonyl (C=O) groups is 3. The number of unbranched alkanes of at least 4 members (excludes halogenated alkanes) is 1. The lowest BCUT2D eigenvalue weighted by molar-refractivity contribution is -0.107. The largest absolute Gasteiger partial charge is 0.478 e. The Labute approximate surface area is 98.7 Å². The molecule has 2 N–H and O–H groups in total. The minimum Gasteiger partial charge on any atom is -0.478 e. The summed E-state index contributed by atoms with van der Waals surface area (Å²) in [4.78, 5) is 30.3. The van der Waals surface area contributed by atoms with E-state index in [1.165, 1.54) is 24.3 Å². The lowest BCUT2D eigenvalue weighted by Gasteiger charge is -1.98. The molecule has 17 heavy (non-hydrogen) atoms. The van der Waals surface area contributed by atoms with Gasteiger partial charge in [0.25, 0.3) is 0 Å². The van der Waals surface area contributed by atoms with E-state index in [2.05, 4.69) is 0 Å². The normalized spacial score (nSPS) is 8.76. The monoisotopic (exact) mass is 238 g/mol. The summed E-state index contributed by atoms with van der Waals surface area (Å²) in [5.74, 6) is -2.46. The van der Waals surface area contributed by atoms with Gasteiger partial charge in [-0.25, -0.2) is 9.59 Å². The van der Waals surface area contributed by atoms with Gasteiger partial charge in [-0.05, 0) is 18.6 Å². The second-order valence-electron chi connectivity index (χ2n) is 3.11. The first-order valence-corrected chi connectivity index (χ1v) is 5.03. The summed E-state index contributed by atoms with van der Waals surface area (Å²) >= 11 is 0. The second kappa shape index (κ2) is 8.04. The van der Waals surface area contributed by atoms with E-state index in [9.17, 15) is 14.4 Å². The molecule has 1 aromatic carbocycles. The van der Waals surface area contributed by atoms with E-state index < -0.39 is 11.9 Å². The number of benzene rings is 1. The summed E-state index contributed by atoms with van der Waals surface area (Å²) in [6.45, 7) is 1.98. The van der Waals surface area contributed by atoms with Crippen molar-refractivity contribution in [2.75, 3.05) is 0 Å². The van der Waals surface area contributed by atoms with Gasteiger partial charge in [0.15, 0.2) is 0 Å². The molecule has 0 amide bonds. The molecule has 0 unspecified atom stereocenters. The van der Waals surface area contributed by atoms with E-state index in [0.717, 1.165) is 12.7 Å². The van der Waals surface area contributed by atoms with Crippen LogP contribution in [-0.2, 0) is 4.79 Å². The Bertz CT molecular complexity index is 365. The molecule has 0 aliphatic carbocycles. The predicted molar refractivity (Wildman–Crippen MR) is 61.3 cm³/mol. The quantitative estimate of drug-likeness (QED) is 0.783. The molecule has 0 aromatic heterocycles. The topological polar surface area (TPSA) is 91.7 Å². The van der Waals surface area contributed by atoms with Crippen LogP contribution in [0.3, 0.4) is 0 Å². The first kappa shape index (κ1) is 14.8. The van der Waals surface area contributed by atoms with Crippen molar-refractivity contribution >= 4 is 18.2 Å². The van der Waals surface area contributed by atoms with Crippen molar-refractivity contribution < 1.29 is 24.6 Å². The molecule has 0 aliphatic rings. The summed E-state index contributed by atoms with van der Waals surface area (Å²) in [6.07, 6.45) is 2.61. The number of carboxylic acid groups (broad SMARTS) is 2. The summed E-state index contributed by atoms with van der Waals surface area (Å²) < 4.78 is 0. The molecule has 5 heteroatoms. The third kappa shape index (κ3) is 5.46. The van der Waals surface area contributed by atoms with Gasteiger partial charge in [0.1, 0.15) is 6.29 Å². The molecule has 0 atom stereocenters. The Kier molecular flexibility index (Phi) is 7.01. The number of carbonyl (C=O) groups excluding carboxylic acids is 1. The van der Waals surface area contributed by atoms with E-state index in [-0.39, 0.29) is 11.1 Å². The van der Waals surface area contributed by atoms with Gasteiger partial charge in [0.05, 0.1) is 11.1 Å². The van der Waals surface area contributed by atoms with Crippen molar-refractivity contribution in [1.29, 1.82) is 0 Å². The van der Waals surface area contributed by atoms with Crippen molar-refractivity contribution in [3.63, 3.8) is 0 Å². The number of hydrogen-bond acceptors (Lipinski definition) is 3. The molecular formula is C12H14O5. The van der Waals surface area contributed by atoms with Gasteiger partial charge in [-0.3, -0.25) is 0 Å². The Morgan fingerprint density at radius 3 is 1.71 bits per heavy atom. The fourth-order valence-electron chi connectivity index (χ4n) is 0.974. The van der Waals surface area contributed by atoms with Crippen LogP contribution in [0, 0.1) is 0 Å². The molecule has 0 spiro atoms. The molecule has 0 bridgehead atoms. The van der Waals surface area contributed by atoms with Gasteiger partial charge in [0.2, 0.25) is 0 Å². The zero-order valence-electron chi connectivity index (χ0n) is 9.42. The smallest absolute Gasteiger partial charge is 0.336 e. The van der Waals surface area contributed by atoms with Crippen molar-refractivity contribution in [2.24, 2.45) is 0 Å². The maximum Gasteiger partial charge on any atom is 0.336 e. The van der Waals surface area contributed by atoms with E-state index in [1.807, 2.05) is 6.92 Å². The average Bonchev–Trinajstić information content (AvgIpc) is 2.30. The van der Waals surface area contributed by atoms with Crippen LogP contribution in [0.4, 0.5) is 0 Å². The number of hydrogen-bond donors (Lipinski definition) is 2. The number of rotatable bonds is 4. The summed E-state index contributed by atoms with van der Waals surface area (Å²) in [6, 6.07) is 5.48. The van der Waals surface area contributed by atoms with Gasteiger partial charge >= 0.3 is 11.9 Å². The van der Waals surface area contributed by atoms with Crippen LogP contribution in [0.1, 0.15) is 40.5 Å². The Morgan fingerprint density at radius 2 is 1.53 bits per heavy atom. The summed E-state index contributed by atoms with van der Waals surface area (Å²) in [7, 11) is 0. The molecule has 1 aromatic rings. The van der Waals surface area contributed by atoms with Gasteiger partial charge in [-0.2, -0.15) is 0 Å². The number of aromatic carboxylic acids is 2. The third-order valence-electron chi connectivity index (χ3n) is 1.79.